The van der Waals surface area contributed by atoms with Crippen LogP contribution in [0.25, 0.3) is 0 Å². The second-order valence-corrected chi connectivity index (χ2v) is 8.03. The number of H-pyrrole nitrogens is 1. The quantitative estimate of drug-likeness (QED) is 0.636. The lowest BCUT2D eigenvalue weighted by Crippen LogP contribution is -2.47. The van der Waals surface area contributed by atoms with Gasteiger partial charge in [-0.2, -0.15) is 0 Å². The monoisotopic (exact) mass is 445 g/mol. The van der Waals surface area contributed by atoms with Crippen molar-refractivity contribution < 1.29 is 14.0 Å². The van der Waals surface area contributed by atoms with Crippen molar-refractivity contribution in [3.63, 3.8) is 0 Å². The van der Waals surface area contributed by atoms with Gasteiger partial charge in [0.15, 0.2) is 11.4 Å². The fourth-order valence-corrected chi connectivity index (χ4v) is 4.04. The van der Waals surface area contributed by atoms with Gasteiger partial charge in [0.05, 0.1) is 6.26 Å². The minimum Gasteiger partial charge on any atom is -0.459 e. The fourth-order valence-electron chi connectivity index (χ4n) is 4.04. The van der Waals surface area contributed by atoms with E-state index in [9.17, 15) is 19.2 Å². The number of nitrogens with two attached hydrogens (primary N) is 1. The highest BCUT2D eigenvalue weighted by molar-refractivity contribution is 5.97. The Balaban J connectivity index is 1.81. The largest absolute Gasteiger partial charge is 0.459 e. The van der Waals surface area contributed by atoms with E-state index < -0.39 is 11.2 Å². The number of rotatable bonds is 8. The van der Waals surface area contributed by atoms with Crippen LogP contribution in [-0.4, -0.2) is 45.9 Å². The van der Waals surface area contributed by atoms with Gasteiger partial charge >= 0.3 is 5.69 Å². The minimum atomic E-state index is -0.660. The summed E-state index contributed by atoms with van der Waals surface area (Å²) in [6.07, 6.45) is 4.59. The molecule has 0 aliphatic carbocycles. The molecule has 1 aliphatic rings. The first-order valence-corrected chi connectivity index (χ1v) is 11.2. The highest BCUT2D eigenvalue weighted by atomic mass is 16.3. The molecule has 32 heavy (non-hydrogen) atoms. The number of unbranched alkanes of at least 4 members (excludes halogenated alkanes) is 1. The zero-order valence-corrected chi connectivity index (χ0v) is 18.6. The Morgan fingerprint density at radius 2 is 1.94 bits per heavy atom. The van der Waals surface area contributed by atoms with Crippen LogP contribution in [-0.2, 0) is 11.3 Å². The van der Waals surface area contributed by atoms with Crippen LogP contribution in [0.4, 0.5) is 11.5 Å². The summed E-state index contributed by atoms with van der Waals surface area (Å²) in [7, 11) is 0. The van der Waals surface area contributed by atoms with Gasteiger partial charge in [-0.05, 0) is 37.8 Å². The molecular weight excluding hydrogens is 414 g/mol. The van der Waals surface area contributed by atoms with Gasteiger partial charge in [-0.25, -0.2) is 4.79 Å². The first-order chi connectivity index (χ1) is 15.4. The molecule has 2 aromatic rings. The highest BCUT2D eigenvalue weighted by Crippen LogP contribution is 2.25. The van der Waals surface area contributed by atoms with Crippen LogP contribution in [0.15, 0.2) is 32.4 Å². The van der Waals surface area contributed by atoms with Gasteiger partial charge in [0.1, 0.15) is 5.82 Å². The van der Waals surface area contributed by atoms with Gasteiger partial charge < -0.3 is 20.0 Å². The number of likely N-dealkylation sites (tertiary alicyclic amines) is 1. The maximum Gasteiger partial charge on any atom is 0.330 e. The van der Waals surface area contributed by atoms with E-state index in [2.05, 4.69) is 4.98 Å². The van der Waals surface area contributed by atoms with Crippen LogP contribution in [0.2, 0.25) is 0 Å². The van der Waals surface area contributed by atoms with Gasteiger partial charge in [-0.15, -0.1) is 0 Å². The third-order valence-electron chi connectivity index (χ3n) is 5.80. The maximum absolute atomic E-state index is 13.4. The van der Waals surface area contributed by atoms with E-state index in [0.29, 0.717) is 45.4 Å². The number of piperidine rings is 1. The number of carbonyl (C=O) groups is 2. The van der Waals surface area contributed by atoms with Crippen LogP contribution >= 0.6 is 0 Å². The molecule has 0 saturated carbocycles. The first kappa shape index (κ1) is 23.4. The Bertz CT molecular complexity index is 1050. The van der Waals surface area contributed by atoms with Gasteiger partial charge in [0, 0.05) is 32.1 Å². The van der Waals surface area contributed by atoms with E-state index in [1.807, 2.05) is 13.8 Å². The molecule has 0 unspecified atom stereocenters. The maximum atomic E-state index is 13.4. The lowest BCUT2D eigenvalue weighted by atomic mass is 9.94. The summed E-state index contributed by atoms with van der Waals surface area (Å²) in [6, 6.07) is 3.28. The molecule has 0 atom stereocenters. The molecular formula is C22H31N5O5. The van der Waals surface area contributed by atoms with Crippen LogP contribution in [0.5, 0.6) is 0 Å². The molecule has 10 heteroatoms. The van der Waals surface area contributed by atoms with E-state index in [1.54, 1.807) is 17.0 Å². The molecule has 1 aliphatic heterocycles. The van der Waals surface area contributed by atoms with Crippen molar-refractivity contribution in [3.05, 3.63) is 45.0 Å². The smallest absolute Gasteiger partial charge is 0.330 e. The SMILES string of the molecule is CCCCn1c(N)c(N(CCC)C(=O)C2CCN(C(=O)c3ccco3)CC2)c(=O)[nH]c1=O. The summed E-state index contributed by atoms with van der Waals surface area (Å²) in [4.78, 5) is 56.2. The standard InChI is InChI=1S/C22H31N5O5/c1-3-5-11-27-18(23)17(19(28)24-22(27)31)26(10-4-2)20(29)15-8-12-25(13-9-15)21(30)16-7-6-14-32-16/h6-7,14-15H,3-5,8-13,23H2,1-2H3,(H,24,28,31). The molecule has 0 radical (unpaired) electrons. The molecule has 0 bridgehead atoms. The fraction of sp³-hybridized carbons (Fsp3) is 0.545. The molecule has 0 spiro atoms. The van der Waals surface area contributed by atoms with Crippen molar-refractivity contribution in [3.8, 4) is 0 Å². The number of aromatic amines is 1. The number of nitrogens with one attached hydrogen (secondary N) is 1. The summed E-state index contributed by atoms with van der Waals surface area (Å²) in [5, 5.41) is 0. The topological polar surface area (TPSA) is 135 Å². The average Bonchev–Trinajstić information content (AvgIpc) is 3.32. The number of aromatic nitrogens is 2. The van der Waals surface area contributed by atoms with Gasteiger partial charge in [-0.1, -0.05) is 20.3 Å². The van der Waals surface area contributed by atoms with Crippen LogP contribution in [0.3, 0.4) is 0 Å². The predicted octanol–water partition coefficient (Wildman–Crippen LogP) is 1.81. The van der Waals surface area contributed by atoms with E-state index in [-0.39, 0.29) is 35.0 Å². The Hall–Kier alpha value is -3.30. The normalized spacial score (nSPS) is 14.5. The summed E-state index contributed by atoms with van der Waals surface area (Å²) in [5.41, 5.74) is 5.02. The zero-order chi connectivity index (χ0) is 23.3. The van der Waals surface area contributed by atoms with Crippen LogP contribution < -0.4 is 21.9 Å². The van der Waals surface area contributed by atoms with Gasteiger partial charge in [0.2, 0.25) is 5.91 Å². The number of hydrogen-bond donors (Lipinski definition) is 2. The predicted molar refractivity (Wildman–Crippen MR) is 121 cm³/mol. The average molecular weight is 446 g/mol. The van der Waals surface area contributed by atoms with Crippen molar-refractivity contribution in [2.24, 2.45) is 5.92 Å². The lowest BCUT2D eigenvalue weighted by molar-refractivity contribution is -0.123. The number of anilines is 2. The summed E-state index contributed by atoms with van der Waals surface area (Å²) >= 11 is 0. The molecule has 3 N–H and O–H groups in total. The zero-order valence-electron chi connectivity index (χ0n) is 18.6. The number of amides is 2. The van der Waals surface area contributed by atoms with E-state index in [4.69, 9.17) is 10.2 Å². The second-order valence-electron chi connectivity index (χ2n) is 8.03. The van der Waals surface area contributed by atoms with Gasteiger partial charge in [-0.3, -0.25) is 23.9 Å². The van der Waals surface area contributed by atoms with E-state index in [0.717, 1.165) is 12.8 Å². The molecule has 0 aromatic carbocycles. The lowest BCUT2D eigenvalue weighted by Gasteiger charge is -2.34. The number of nitrogens with zero attached hydrogens (tertiary/aromatic N) is 3. The number of nitrogen functional groups attached to an aromatic ring is 1. The summed E-state index contributed by atoms with van der Waals surface area (Å²) in [5.74, 6) is -0.475. The first-order valence-electron chi connectivity index (χ1n) is 11.2. The molecule has 3 heterocycles. The third kappa shape index (κ3) is 4.79. The molecule has 10 nitrogen and oxygen atoms in total. The van der Waals surface area contributed by atoms with Crippen molar-refractivity contribution in [1.29, 1.82) is 0 Å². The molecule has 1 fully saturated rings. The van der Waals surface area contributed by atoms with Crippen molar-refractivity contribution in [2.75, 3.05) is 30.3 Å². The molecule has 3 rings (SSSR count). The molecule has 1 saturated heterocycles. The van der Waals surface area contributed by atoms with E-state index in [1.165, 1.54) is 15.7 Å². The molecule has 2 amide bonds. The van der Waals surface area contributed by atoms with Crippen molar-refractivity contribution in [2.45, 2.75) is 52.5 Å². The van der Waals surface area contributed by atoms with Crippen LogP contribution in [0, 0.1) is 5.92 Å². The molecule has 174 valence electrons. The van der Waals surface area contributed by atoms with Crippen LogP contribution in [0.1, 0.15) is 56.5 Å². The highest BCUT2D eigenvalue weighted by Gasteiger charge is 2.33. The second kappa shape index (κ2) is 10.3. The van der Waals surface area contributed by atoms with Gasteiger partial charge in [0.25, 0.3) is 11.5 Å². The van der Waals surface area contributed by atoms with Crippen molar-refractivity contribution >= 4 is 23.3 Å². The van der Waals surface area contributed by atoms with E-state index >= 15 is 0 Å². The minimum absolute atomic E-state index is 0.0134. The number of hydrogen-bond acceptors (Lipinski definition) is 6. The summed E-state index contributed by atoms with van der Waals surface area (Å²) in [6.45, 7) is 5.40. The third-order valence-corrected chi connectivity index (χ3v) is 5.80. The Morgan fingerprint density at radius 3 is 2.53 bits per heavy atom. The Kier molecular flexibility index (Phi) is 7.55. The van der Waals surface area contributed by atoms with Crippen molar-refractivity contribution in [1.82, 2.24) is 14.5 Å². The number of carbonyl (C=O) groups excluding carboxylic acids is 2. The molecule has 2 aromatic heterocycles. The summed E-state index contributed by atoms with van der Waals surface area (Å²) < 4.78 is 6.50. The number of furan rings is 1. The Labute approximate surface area is 186 Å². The Morgan fingerprint density at radius 1 is 1.22 bits per heavy atom.